The molecule has 1 N–H and O–H groups in total. The van der Waals surface area contributed by atoms with Crippen LogP contribution in [0.15, 0.2) is 53.4 Å². The number of rotatable bonds is 10. The highest BCUT2D eigenvalue weighted by Gasteiger charge is 2.27. The van der Waals surface area contributed by atoms with Crippen LogP contribution in [0.25, 0.3) is 0 Å². The van der Waals surface area contributed by atoms with E-state index in [0.29, 0.717) is 31.1 Å². The van der Waals surface area contributed by atoms with Crippen molar-refractivity contribution in [2.24, 2.45) is 0 Å². The molecule has 8 heteroatoms. The van der Waals surface area contributed by atoms with Crippen molar-refractivity contribution in [3.63, 3.8) is 0 Å². The second-order valence-electron chi connectivity index (χ2n) is 6.90. The lowest BCUT2D eigenvalue weighted by Gasteiger charge is -2.24. The Bertz CT molecular complexity index is 895. The number of hydrogen-bond acceptors (Lipinski definition) is 5. The molecule has 0 aliphatic rings. The topological polar surface area (TPSA) is 79.0 Å². The number of likely N-dealkylation sites (N-methyl/N-ethyl adjacent to an activating group) is 1. The van der Waals surface area contributed by atoms with E-state index < -0.39 is 10.0 Å². The summed E-state index contributed by atoms with van der Waals surface area (Å²) in [5, 5.41) is 2.77. The number of amides is 1. The molecular weight excluding hydrogens is 390 g/mol. The van der Waals surface area contributed by atoms with Crippen LogP contribution in [0, 0.1) is 6.92 Å². The van der Waals surface area contributed by atoms with E-state index in [0.717, 1.165) is 9.87 Å². The predicted molar refractivity (Wildman–Crippen MR) is 115 cm³/mol. The van der Waals surface area contributed by atoms with E-state index in [1.54, 1.807) is 48.5 Å². The van der Waals surface area contributed by atoms with Crippen LogP contribution >= 0.6 is 0 Å². The molecule has 0 fully saturated rings. The third-order valence-corrected chi connectivity index (χ3v) is 6.00. The van der Waals surface area contributed by atoms with E-state index in [2.05, 4.69) is 5.32 Å². The molecule has 7 nitrogen and oxygen atoms in total. The lowest BCUT2D eigenvalue weighted by molar-refractivity contribution is -0.119. The molecule has 0 aliphatic heterocycles. The first kappa shape index (κ1) is 22.7. The number of aryl methyl sites for hydroxylation is 1. The number of nitrogens with zero attached hydrogens (tertiary/aromatic N) is 2. The molecule has 2 rings (SSSR count). The summed E-state index contributed by atoms with van der Waals surface area (Å²) in [6, 6.07) is 13.3. The van der Waals surface area contributed by atoms with Crippen molar-refractivity contribution in [3.8, 4) is 5.75 Å². The molecule has 29 heavy (non-hydrogen) atoms. The van der Waals surface area contributed by atoms with Crippen LogP contribution in [0.2, 0.25) is 0 Å². The minimum absolute atomic E-state index is 0.137. The van der Waals surface area contributed by atoms with Gasteiger partial charge in [-0.15, -0.1) is 0 Å². The monoisotopic (exact) mass is 419 g/mol. The van der Waals surface area contributed by atoms with Crippen LogP contribution in [-0.4, -0.2) is 59.6 Å². The summed E-state index contributed by atoms with van der Waals surface area (Å²) in [6.07, 6.45) is 0. The van der Waals surface area contributed by atoms with Crippen molar-refractivity contribution < 1.29 is 17.9 Å². The normalized spacial score (nSPS) is 11.3. The predicted octanol–water partition coefficient (Wildman–Crippen LogP) is 2.27. The standard InChI is InChI=1S/C21H29N3O4S/c1-5-28-19-10-8-18(9-11-19)24(16-21(25)22-14-15-23(3)4)29(26,27)20-12-6-17(2)7-13-20/h6-13H,5,14-16H2,1-4H3,(H,22,25). The first-order chi connectivity index (χ1) is 13.7. The number of nitrogens with one attached hydrogen (secondary N) is 1. The highest BCUT2D eigenvalue weighted by Crippen LogP contribution is 2.26. The maximum atomic E-state index is 13.3. The van der Waals surface area contributed by atoms with E-state index in [-0.39, 0.29) is 17.3 Å². The van der Waals surface area contributed by atoms with Gasteiger partial charge in [0.15, 0.2) is 0 Å². The summed E-state index contributed by atoms with van der Waals surface area (Å²) in [4.78, 5) is 14.5. The van der Waals surface area contributed by atoms with Gasteiger partial charge in [0.25, 0.3) is 10.0 Å². The number of hydrogen-bond donors (Lipinski definition) is 1. The molecule has 0 heterocycles. The van der Waals surface area contributed by atoms with Gasteiger partial charge in [0, 0.05) is 13.1 Å². The SMILES string of the molecule is CCOc1ccc(N(CC(=O)NCCN(C)C)S(=O)(=O)c2ccc(C)cc2)cc1. The number of carbonyl (C=O) groups excluding carboxylic acids is 1. The quantitative estimate of drug-likeness (QED) is 0.639. The second kappa shape index (κ2) is 10.3. The summed E-state index contributed by atoms with van der Waals surface area (Å²) < 4.78 is 33.1. The minimum atomic E-state index is -3.91. The van der Waals surface area contributed by atoms with E-state index in [9.17, 15) is 13.2 Å². The minimum Gasteiger partial charge on any atom is -0.494 e. The van der Waals surface area contributed by atoms with Gasteiger partial charge in [-0.1, -0.05) is 17.7 Å². The molecule has 0 saturated heterocycles. The Morgan fingerprint density at radius 1 is 1.03 bits per heavy atom. The fraction of sp³-hybridized carbons (Fsp3) is 0.381. The smallest absolute Gasteiger partial charge is 0.264 e. The number of benzene rings is 2. The van der Waals surface area contributed by atoms with Crippen LogP contribution in [0.4, 0.5) is 5.69 Å². The van der Waals surface area contributed by atoms with Gasteiger partial charge >= 0.3 is 0 Å². The van der Waals surface area contributed by atoms with Gasteiger partial charge in [0.2, 0.25) is 5.91 Å². The Labute approximate surface area is 173 Å². The molecule has 1 amide bonds. The average Bonchev–Trinajstić information content (AvgIpc) is 2.67. The van der Waals surface area contributed by atoms with E-state index >= 15 is 0 Å². The molecule has 0 unspecified atom stereocenters. The van der Waals surface area contributed by atoms with Gasteiger partial charge < -0.3 is 15.0 Å². The Morgan fingerprint density at radius 3 is 2.21 bits per heavy atom. The second-order valence-corrected chi connectivity index (χ2v) is 8.77. The maximum Gasteiger partial charge on any atom is 0.264 e. The summed E-state index contributed by atoms with van der Waals surface area (Å²) in [5.74, 6) is 0.274. The van der Waals surface area contributed by atoms with E-state index in [1.807, 2.05) is 32.8 Å². The lowest BCUT2D eigenvalue weighted by atomic mass is 10.2. The maximum absolute atomic E-state index is 13.3. The van der Waals surface area contributed by atoms with Gasteiger partial charge in [-0.25, -0.2) is 8.42 Å². The number of ether oxygens (including phenoxy) is 1. The Hall–Kier alpha value is -2.58. The summed E-state index contributed by atoms with van der Waals surface area (Å²) in [7, 11) is -0.105. The highest BCUT2D eigenvalue weighted by atomic mass is 32.2. The average molecular weight is 420 g/mol. The van der Waals surface area contributed by atoms with Crippen LogP contribution in [0.1, 0.15) is 12.5 Å². The van der Waals surface area contributed by atoms with Crippen molar-refractivity contribution >= 4 is 21.6 Å². The third-order valence-electron chi connectivity index (χ3n) is 4.21. The first-order valence-electron chi connectivity index (χ1n) is 9.47. The zero-order valence-corrected chi connectivity index (χ0v) is 18.2. The van der Waals surface area contributed by atoms with Gasteiger partial charge in [-0.3, -0.25) is 9.10 Å². The summed E-state index contributed by atoms with van der Waals surface area (Å²) in [6.45, 7) is 5.07. The van der Waals surface area contributed by atoms with Crippen LogP contribution < -0.4 is 14.4 Å². The summed E-state index contributed by atoms with van der Waals surface area (Å²) in [5.41, 5.74) is 1.36. The zero-order chi connectivity index (χ0) is 21.4. The third kappa shape index (κ3) is 6.47. The molecule has 0 saturated carbocycles. The lowest BCUT2D eigenvalue weighted by Crippen LogP contribution is -2.42. The molecule has 0 aromatic heterocycles. The van der Waals surface area contributed by atoms with Crippen LogP contribution in [0.5, 0.6) is 5.75 Å². The highest BCUT2D eigenvalue weighted by molar-refractivity contribution is 7.92. The Balaban J connectivity index is 2.31. The first-order valence-corrected chi connectivity index (χ1v) is 10.9. The van der Waals surface area contributed by atoms with Gasteiger partial charge in [0.05, 0.1) is 17.2 Å². The number of carbonyl (C=O) groups is 1. The van der Waals surface area contributed by atoms with Crippen molar-refractivity contribution in [2.75, 3.05) is 44.6 Å². The van der Waals surface area contributed by atoms with Crippen molar-refractivity contribution in [3.05, 3.63) is 54.1 Å². The van der Waals surface area contributed by atoms with Gasteiger partial charge in [0.1, 0.15) is 12.3 Å². The van der Waals surface area contributed by atoms with Crippen molar-refractivity contribution in [2.45, 2.75) is 18.7 Å². The fourth-order valence-electron chi connectivity index (χ4n) is 2.63. The molecule has 2 aromatic rings. The van der Waals surface area contributed by atoms with E-state index in [4.69, 9.17) is 4.74 Å². The zero-order valence-electron chi connectivity index (χ0n) is 17.4. The largest absolute Gasteiger partial charge is 0.494 e. The summed E-state index contributed by atoms with van der Waals surface area (Å²) >= 11 is 0. The molecule has 2 aromatic carbocycles. The molecule has 0 spiro atoms. The molecule has 0 radical (unpaired) electrons. The Kier molecular flexibility index (Phi) is 8.04. The van der Waals surface area contributed by atoms with Crippen LogP contribution in [0.3, 0.4) is 0 Å². The molecular formula is C21H29N3O4S. The van der Waals surface area contributed by atoms with Crippen molar-refractivity contribution in [1.29, 1.82) is 0 Å². The fourth-order valence-corrected chi connectivity index (χ4v) is 4.05. The molecule has 158 valence electrons. The molecule has 0 atom stereocenters. The van der Waals surface area contributed by atoms with E-state index in [1.165, 1.54) is 0 Å². The number of anilines is 1. The molecule has 0 aliphatic carbocycles. The molecule has 0 bridgehead atoms. The Morgan fingerprint density at radius 2 is 1.66 bits per heavy atom. The van der Waals surface area contributed by atoms with Gasteiger partial charge in [-0.2, -0.15) is 0 Å². The number of sulfonamides is 1. The van der Waals surface area contributed by atoms with Gasteiger partial charge in [-0.05, 0) is 64.3 Å². The van der Waals surface area contributed by atoms with Crippen molar-refractivity contribution in [1.82, 2.24) is 10.2 Å². The van der Waals surface area contributed by atoms with Crippen LogP contribution in [-0.2, 0) is 14.8 Å².